The Kier molecular flexibility index (Phi) is 5.30. The van der Waals surface area contributed by atoms with Crippen LogP contribution < -0.4 is 10.6 Å². The Labute approximate surface area is 149 Å². The zero-order valence-corrected chi connectivity index (χ0v) is 14.8. The molecule has 1 aliphatic rings. The Bertz CT molecular complexity index is 755. The third-order valence-corrected chi connectivity index (χ3v) is 4.69. The van der Waals surface area contributed by atoms with Gasteiger partial charge in [-0.25, -0.2) is 0 Å². The molecular weight excluding hydrogens is 368 g/mol. The number of rotatable bonds is 4. The average Bonchev–Trinajstić information content (AvgIpc) is 3.08. The van der Waals surface area contributed by atoms with Crippen molar-refractivity contribution in [1.82, 2.24) is 5.32 Å². The van der Waals surface area contributed by atoms with Crippen LogP contribution in [0.3, 0.4) is 0 Å². The fourth-order valence-corrected chi connectivity index (χ4v) is 3.35. The highest BCUT2D eigenvalue weighted by Gasteiger charge is 2.20. The quantitative estimate of drug-likeness (QED) is 0.819. The maximum atomic E-state index is 12.5. The topological polar surface area (TPSA) is 58.2 Å². The molecule has 1 fully saturated rings. The van der Waals surface area contributed by atoms with Crippen LogP contribution in [0.1, 0.15) is 46.4 Å². The summed E-state index contributed by atoms with van der Waals surface area (Å²) < 4.78 is 0.836. The number of hydrogen-bond acceptors (Lipinski definition) is 2. The molecule has 4 nitrogen and oxygen atoms in total. The van der Waals surface area contributed by atoms with Gasteiger partial charge in [-0.2, -0.15) is 0 Å². The van der Waals surface area contributed by atoms with E-state index >= 15 is 0 Å². The highest BCUT2D eigenvalue weighted by atomic mass is 79.9. The van der Waals surface area contributed by atoms with Gasteiger partial charge < -0.3 is 10.6 Å². The van der Waals surface area contributed by atoms with Gasteiger partial charge in [0, 0.05) is 16.1 Å². The number of halogens is 1. The number of para-hydroxylation sites is 1. The van der Waals surface area contributed by atoms with Crippen LogP contribution in [-0.2, 0) is 0 Å². The summed E-state index contributed by atoms with van der Waals surface area (Å²) in [4.78, 5) is 24.9. The number of nitrogens with one attached hydrogen (secondary N) is 2. The van der Waals surface area contributed by atoms with Gasteiger partial charge >= 0.3 is 0 Å². The first-order valence-electron chi connectivity index (χ1n) is 8.10. The van der Waals surface area contributed by atoms with E-state index < -0.39 is 0 Å². The molecule has 0 atom stereocenters. The molecular formula is C19H19BrN2O2. The molecule has 0 radical (unpaired) electrons. The van der Waals surface area contributed by atoms with E-state index in [1.807, 2.05) is 12.1 Å². The normalized spacial score (nSPS) is 14.4. The van der Waals surface area contributed by atoms with Gasteiger partial charge in [0.25, 0.3) is 11.8 Å². The minimum Gasteiger partial charge on any atom is -0.349 e. The molecule has 2 amide bonds. The van der Waals surface area contributed by atoms with Crippen molar-refractivity contribution >= 4 is 33.4 Å². The molecule has 0 spiro atoms. The molecule has 5 heteroatoms. The van der Waals surface area contributed by atoms with E-state index in [4.69, 9.17) is 0 Å². The van der Waals surface area contributed by atoms with Gasteiger partial charge in [0.2, 0.25) is 0 Å². The van der Waals surface area contributed by atoms with Gasteiger partial charge in [0.1, 0.15) is 0 Å². The Morgan fingerprint density at radius 1 is 0.958 bits per heavy atom. The van der Waals surface area contributed by atoms with E-state index in [1.165, 1.54) is 0 Å². The van der Waals surface area contributed by atoms with E-state index in [9.17, 15) is 9.59 Å². The van der Waals surface area contributed by atoms with Crippen molar-refractivity contribution in [3.05, 3.63) is 64.1 Å². The van der Waals surface area contributed by atoms with Crippen molar-refractivity contribution in [1.29, 1.82) is 0 Å². The maximum absolute atomic E-state index is 12.5. The molecule has 0 saturated heterocycles. The van der Waals surface area contributed by atoms with Crippen molar-refractivity contribution in [3.8, 4) is 0 Å². The summed E-state index contributed by atoms with van der Waals surface area (Å²) in [6.45, 7) is 0. The first-order valence-corrected chi connectivity index (χ1v) is 8.89. The van der Waals surface area contributed by atoms with Gasteiger partial charge in [-0.3, -0.25) is 9.59 Å². The number of carbonyl (C=O) groups is 2. The molecule has 1 aliphatic carbocycles. The maximum Gasteiger partial charge on any atom is 0.255 e. The van der Waals surface area contributed by atoms with Crippen molar-refractivity contribution in [3.63, 3.8) is 0 Å². The molecule has 0 bridgehead atoms. The van der Waals surface area contributed by atoms with E-state index in [0.717, 1.165) is 30.2 Å². The Hall–Kier alpha value is -2.14. The number of anilines is 1. The zero-order chi connectivity index (χ0) is 16.9. The van der Waals surface area contributed by atoms with E-state index in [1.54, 1.807) is 36.4 Å². The second-order valence-electron chi connectivity index (χ2n) is 5.96. The lowest BCUT2D eigenvalue weighted by Gasteiger charge is -2.15. The molecule has 2 N–H and O–H groups in total. The van der Waals surface area contributed by atoms with E-state index in [2.05, 4.69) is 26.6 Å². The monoisotopic (exact) mass is 386 g/mol. The minimum atomic E-state index is -0.239. The zero-order valence-electron chi connectivity index (χ0n) is 13.2. The van der Waals surface area contributed by atoms with Crippen LogP contribution in [0, 0.1) is 0 Å². The Balaban J connectivity index is 1.76. The van der Waals surface area contributed by atoms with Crippen molar-refractivity contribution in [2.24, 2.45) is 0 Å². The second kappa shape index (κ2) is 7.62. The number of benzene rings is 2. The third kappa shape index (κ3) is 4.03. The van der Waals surface area contributed by atoms with Gasteiger partial charge in [-0.1, -0.05) is 47.0 Å². The van der Waals surface area contributed by atoms with Crippen LogP contribution in [0.2, 0.25) is 0 Å². The summed E-state index contributed by atoms with van der Waals surface area (Å²) in [5.41, 5.74) is 1.56. The number of hydrogen-bond donors (Lipinski definition) is 2. The highest BCUT2D eigenvalue weighted by Crippen LogP contribution is 2.21. The van der Waals surface area contributed by atoms with Crippen LogP contribution in [-0.4, -0.2) is 17.9 Å². The van der Waals surface area contributed by atoms with Crippen molar-refractivity contribution < 1.29 is 9.59 Å². The first kappa shape index (κ1) is 16.7. The smallest absolute Gasteiger partial charge is 0.255 e. The number of carbonyl (C=O) groups excluding carboxylic acids is 2. The van der Waals surface area contributed by atoms with Crippen molar-refractivity contribution in [2.75, 3.05) is 5.32 Å². The molecule has 3 rings (SSSR count). The summed E-state index contributed by atoms with van der Waals surface area (Å²) in [5.74, 6) is -0.371. The van der Waals surface area contributed by atoms with Crippen LogP contribution in [0.4, 0.5) is 5.69 Å². The molecule has 0 heterocycles. The molecule has 1 saturated carbocycles. The third-order valence-electron chi connectivity index (χ3n) is 4.20. The highest BCUT2D eigenvalue weighted by molar-refractivity contribution is 9.10. The fourth-order valence-electron chi connectivity index (χ4n) is 2.95. The SMILES string of the molecule is O=C(Nc1ccccc1C(=O)NC1CCCC1)c1cccc(Br)c1. The fraction of sp³-hybridized carbons (Fsp3) is 0.263. The summed E-state index contributed by atoms with van der Waals surface area (Å²) >= 11 is 3.36. The van der Waals surface area contributed by atoms with Crippen LogP contribution in [0.25, 0.3) is 0 Å². The molecule has 24 heavy (non-hydrogen) atoms. The molecule has 0 aromatic heterocycles. The van der Waals surface area contributed by atoms with Crippen molar-refractivity contribution in [2.45, 2.75) is 31.7 Å². The summed E-state index contributed by atoms with van der Waals surface area (Å²) in [6.07, 6.45) is 4.37. The summed E-state index contributed by atoms with van der Waals surface area (Å²) in [6, 6.07) is 14.5. The molecule has 124 valence electrons. The lowest BCUT2D eigenvalue weighted by Crippen LogP contribution is -2.33. The van der Waals surface area contributed by atoms with Gasteiger partial charge in [-0.05, 0) is 43.2 Å². The summed E-state index contributed by atoms with van der Waals surface area (Å²) in [5, 5.41) is 5.90. The second-order valence-corrected chi connectivity index (χ2v) is 6.88. The summed E-state index contributed by atoms with van der Waals surface area (Å²) in [7, 11) is 0. The van der Waals surface area contributed by atoms with Crippen LogP contribution in [0.15, 0.2) is 53.0 Å². The Morgan fingerprint density at radius 3 is 2.46 bits per heavy atom. The lowest BCUT2D eigenvalue weighted by atomic mass is 10.1. The predicted molar refractivity (Wildman–Crippen MR) is 98.3 cm³/mol. The van der Waals surface area contributed by atoms with Crippen LogP contribution in [0.5, 0.6) is 0 Å². The minimum absolute atomic E-state index is 0.132. The van der Waals surface area contributed by atoms with E-state index in [0.29, 0.717) is 16.8 Å². The van der Waals surface area contributed by atoms with Gasteiger partial charge in [0.15, 0.2) is 0 Å². The molecule has 0 unspecified atom stereocenters. The molecule has 2 aromatic rings. The Morgan fingerprint density at radius 2 is 1.71 bits per heavy atom. The average molecular weight is 387 g/mol. The first-order chi connectivity index (χ1) is 11.6. The van der Waals surface area contributed by atoms with E-state index in [-0.39, 0.29) is 17.9 Å². The molecule has 2 aromatic carbocycles. The van der Waals surface area contributed by atoms with Crippen LogP contribution >= 0.6 is 15.9 Å². The van der Waals surface area contributed by atoms with Gasteiger partial charge in [-0.15, -0.1) is 0 Å². The lowest BCUT2D eigenvalue weighted by molar-refractivity contribution is 0.0939. The number of amides is 2. The predicted octanol–water partition coefficient (Wildman–Crippen LogP) is 4.37. The molecule has 0 aliphatic heterocycles. The largest absolute Gasteiger partial charge is 0.349 e. The van der Waals surface area contributed by atoms with Gasteiger partial charge in [0.05, 0.1) is 11.3 Å². The standard InChI is InChI=1S/C19H19BrN2O2/c20-14-7-5-6-13(12-14)18(23)22-17-11-4-3-10-16(17)19(24)21-15-8-1-2-9-15/h3-7,10-12,15H,1-2,8-9H2,(H,21,24)(H,22,23).